The van der Waals surface area contributed by atoms with Gasteiger partial charge in [0.05, 0.1) is 5.56 Å². The Balaban J connectivity index is 2.50. The van der Waals surface area contributed by atoms with Crippen molar-refractivity contribution in [1.29, 1.82) is 0 Å². The molecule has 2 aromatic rings. The minimum absolute atomic E-state index is 0.138. The first-order valence-corrected chi connectivity index (χ1v) is 7.21. The van der Waals surface area contributed by atoms with Crippen LogP contribution in [0.1, 0.15) is 29.9 Å². The van der Waals surface area contributed by atoms with Crippen LogP contribution in [0, 0.1) is 0 Å². The summed E-state index contributed by atoms with van der Waals surface area (Å²) in [7, 11) is 1.56. The molecule has 1 amide bonds. The van der Waals surface area contributed by atoms with E-state index in [2.05, 4.69) is 0 Å². The van der Waals surface area contributed by atoms with Crippen LogP contribution in [0.25, 0.3) is 10.9 Å². The number of hydrogen-bond donors (Lipinski definition) is 1. The molecule has 0 radical (unpaired) electrons. The predicted molar refractivity (Wildman–Crippen MR) is 81.7 cm³/mol. The number of aryl methyl sites for hydroxylation is 1. The van der Waals surface area contributed by atoms with Gasteiger partial charge in [0.1, 0.15) is 12.2 Å². The number of carboxylic acids is 1. The van der Waals surface area contributed by atoms with E-state index in [0.717, 1.165) is 17.0 Å². The van der Waals surface area contributed by atoms with Gasteiger partial charge >= 0.3 is 12.1 Å². The van der Waals surface area contributed by atoms with E-state index in [1.54, 1.807) is 20.9 Å². The van der Waals surface area contributed by atoms with Gasteiger partial charge in [0.2, 0.25) is 0 Å². The van der Waals surface area contributed by atoms with Crippen molar-refractivity contribution < 1.29 is 27.9 Å². The van der Waals surface area contributed by atoms with Crippen LogP contribution in [0.4, 0.5) is 13.2 Å². The summed E-state index contributed by atoms with van der Waals surface area (Å²) in [6.45, 7) is 2.86. The molecule has 0 bridgehead atoms. The predicted octanol–water partition coefficient (Wildman–Crippen LogP) is 3.13. The van der Waals surface area contributed by atoms with Gasteiger partial charge in [0, 0.05) is 24.0 Å². The van der Waals surface area contributed by atoms with Crippen molar-refractivity contribution in [3.8, 4) is 0 Å². The molecule has 1 aromatic carbocycles. The number of carboxylic acid groups (broad SMARTS) is 1. The molecule has 0 atom stereocenters. The van der Waals surface area contributed by atoms with Gasteiger partial charge in [-0.05, 0) is 38.1 Å². The highest BCUT2D eigenvalue weighted by atomic mass is 19.4. The molecular formula is C16H17F3N2O3. The molecule has 8 heteroatoms. The van der Waals surface area contributed by atoms with E-state index in [9.17, 15) is 22.8 Å². The Morgan fingerprint density at radius 2 is 1.88 bits per heavy atom. The van der Waals surface area contributed by atoms with Gasteiger partial charge in [-0.1, -0.05) is 0 Å². The molecule has 0 fully saturated rings. The number of hydrogen-bond acceptors (Lipinski definition) is 2. The molecule has 24 heavy (non-hydrogen) atoms. The number of amides is 1. The molecule has 5 nitrogen and oxygen atoms in total. The Bertz CT molecular complexity index is 794. The van der Waals surface area contributed by atoms with Gasteiger partial charge in [-0.15, -0.1) is 0 Å². The molecule has 0 aliphatic heterocycles. The Morgan fingerprint density at radius 3 is 2.38 bits per heavy atom. The third kappa shape index (κ3) is 3.37. The third-order valence-corrected chi connectivity index (χ3v) is 3.78. The van der Waals surface area contributed by atoms with Crippen molar-refractivity contribution in [1.82, 2.24) is 9.47 Å². The number of rotatable bonds is 4. The first-order chi connectivity index (χ1) is 11.0. The van der Waals surface area contributed by atoms with Gasteiger partial charge in [-0.3, -0.25) is 9.59 Å². The Hall–Kier alpha value is -2.51. The number of carbonyl (C=O) groups excluding carboxylic acids is 1. The van der Waals surface area contributed by atoms with Crippen LogP contribution in [0.2, 0.25) is 0 Å². The van der Waals surface area contributed by atoms with Crippen molar-refractivity contribution in [3.63, 3.8) is 0 Å². The van der Waals surface area contributed by atoms with Gasteiger partial charge in [0.25, 0.3) is 5.91 Å². The summed E-state index contributed by atoms with van der Waals surface area (Å²) in [5, 5.41) is 9.21. The van der Waals surface area contributed by atoms with Crippen LogP contribution in [-0.4, -0.2) is 39.0 Å². The molecule has 0 aliphatic rings. The van der Waals surface area contributed by atoms with Crippen molar-refractivity contribution >= 4 is 22.8 Å². The number of halogens is 3. The molecule has 1 aromatic heterocycles. The molecular weight excluding hydrogens is 325 g/mol. The van der Waals surface area contributed by atoms with Crippen LogP contribution in [-0.2, 0) is 18.0 Å². The average molecular weight is 342 g/mol. The SMILES string of the molecule is CC(C)N(CC(=O)O)C(=O)c1cc2cc(C(F)(F)F)ccc2n1C. The van der Waals surface area contributed by atoms with Crippen molar-refractivity contribution in [3.05, 3.63) is 35.5 Å². The molecule has 1 N–H and O–H groups in total. The largest absolute Gasteiger partial charge is 0.480 e. The Kier molecular flexibility index (Phi) is 4.59. The van der Waals surface area contributed by atoms with Crippen LogP contribution < -0.4 is 0 Å². The number of nitrogens with zero attached hydrogens (tertiary/aromatic N) is 2. The number of carbonyl (C=O) groups is 2. The zero-order valence-corrected chi connectivity index (χ0v) is 13.4. The standard InChI is InChI=1S/C16H17F3N2O3/c1-9(2)21(8-14(22)23)15(24)13-7-10-6-11(16(17,18)19)4-5-12(10)20(13)3/h4-7,9H,8H2,1-3H3,(H,22,23). The van der Waals surface area contributed by atoms with Crippen LogP contribution in [0.3, 0.4) is 0 Å². The summed E-state index contributed by atoms with van der Waals surface area (Å²) in [5.41, 5.74) is -0.199. The minimum atomic E-state index is -4.47. The van der Waals surface area contributed by atoms with E-state index < -0.39 is 30.2 Å². The average Bonchev–Trinajstić information content (AvgIpc) is 2.79. The lowest BCUT2D eigenvalue weighted by Crippen LogP contribution is -2.41. The second-order valence-electron chi connectivity index (χ2n) is 5.78. The number of aromatic nitrogens is 1. The zero-order valence-electron chi connectivity index (χ0n) is 13.4. The second kappa shape index (κ2) is 6.18. The summed E-state index contributed by atoms with van der Waals surface area (Å²) in [4.78, 5) is 24.7. The zero-order chi connectivity index (χ0) is 18.2. The summed E-state index contributed by atoms with van der Waals surface area (Å²) < 4.78 is 39.9. The summed E-state index contributed by atoms with van der Waals surface area (Å²) >= 11 is 0. The fraction of sp³-hybridized carbons (Fsp3) is 0.375. The summed E-state index contributed by atoms with van der Waals surface area (Å²) in [6, 6.07) is 4.21. The topological polar surface area (TPSA) is 62.5 Å². The van der Waals surface area contributed by atoms with E-state index in [0.29, 0.717) is 5.52 Å². The van der Waals surface area contributed by atoms with Gasteiger partial charge in [-0.25, -0.2) is 0 Å². The van der Waals surface area contributed by atoms with Crippen LogP contribution in [0.5, 0.6) is 0 Å². The van der Waals surface area contributed by atoms with Gasteiger partial charge < -0.3 is 14.6 Å². The van der Waals surface area contributed by atoms with E-state index in [4.69, 9.17) is 5.11 Å². The quantitative estimate of drug-likeness (QED) is 0.928. The lowest BCUT2D eigenvalue weighted by atomic mass is 10.1. The molecule has 0 saturated carbocycles. The lowest BCUT2D eigenvalue weighted by Gasteiger charge is -2.25. The highest BCUT2D eigenvalue weighted by Gasteiger charge is 2.31. The van der Waals surface area contributed by atoms with E-state index in [-0.39, 0.29) is 17.1 Å². The molecule has 1 heterocycles. The fourth-order valence-corrected chi connectivity index (χ4v) is 2.51. The second-order valence-corrected chi connectivity index (χ2v) is 5.78. The van der Waals surface area contributed by atoms with Crippen molar-refractivity contribution in [2.24, 2.45) is 7.05 Å². The maximum atomic E-state index is 12.8. The van der Waals surface area contributed by atoms with Crippen LogP contribution in [0.15, 0.2) is 24.3 Å². The lowest BCUT2D eigenvalue weighted by molar-refractivity contribution is -0.138. The molecule has 0 spiro atoms. The Morgan fingerprint density at radius 1 is 1.25 bits per heavy atom. The first-order valence-electron chi connectivity index (χ1n) is 7.21. The highest BCUT2D eigenvalue weighted by molar-refractivity contribution is 6.00. The van der Waals surface area contributed by atoms with Gasteiger partial charge in [-0.2, -0.15) is 13.2 Å². The van der Waals surface area contributed by atoms with Crippen molar-refractivity contribution in [2.45, 2.75) is 26.1 Å². The summed E-state index contributed by atoms with van der Waals surface area (Å²) in [6.07, 6.45) is -4.47. The minimum Gasteiger partial charge on any atom is -0.480 e. The molecule has 130 valence electrons. The van der Waals surface area contributed by atoms with E-state index in [1.807, 2.05) is 0 Å². The molecule has 2 rings (SSSR count). The van der Waals surface area contributed by atoms with Crippen LogP contribution >= 0.6 is 0 Å². The Labute approximate surface area is 136 Å². The molecule has 0 saturated heterocycles. The molecule has 0 unspecified atom stereocenters. The summed E-state index contributed by atoms with van der Waals surface area (Å²) in [5.74, 6) is -1.70. The van der Waals surface area contributed by atoms with Gasteiger partial charge in [0.15, 0.2) is 0 Å². The number of alkyl halides is 3. The number of aliphatic carboxylic acids is 1. The number of fused-ring (bicyclic) bond motifs is 1. The van der Waals surface area contributed by atoms with Crippen molar-refractivity contribution in [2.75, 3.05) is 6.54 Å². The highest BCUT2D eigenvalue weighted by Crippen LogP contribution is 2.32. The normalized spacial score (nSPS) is 12.0. The molecule has 0 aliphatic carbocycles. The maximum Gasteiger partial charge on any atom is 0.416 e. The monoisotopic (exact) mass is 342 g/mol. The van der Waals surface area contributed by atoms with E-state index in [1.165, 1.54) is 16.7 Å². The number of benzene rings is 1. The fourth-order valence-electron chi connectivity index (χ4n) is 2.51. The smallest absolute Gasteiger partial charge is 0.416 e. The maximum absolute atomic E-state index is 12.8. The first kappa shape index (κ1) is 17.8. The third-order valence-electron chi connectivity index (χ3n) is 3.78. The van der Waals surface area contributed by atoms with E-state index >= 15 is 0 Å².